The molecule has 2 aromatic rings. The number of fused-ring (bicyclic) bond motifs is 2. The van der Waals surface area contributed by atoms with Gasteiger partial charge in [-0.15, -0.1) is 0 Å². The molecule has 1 unspecified atom stereocenters. The molecule has 5 N–H and O–H groups in total. The molecule has 1 aromatic heterocycles. The normalized spacial score (nSPS) is 18.3. The Labute approximate surface area is 203 Å². The molecule has 0 aliphatic carbocycles. The second kappa shape index (κ2) is 12.2. The predicted molar refractivity (Wildman–Crippen MR) is 128 cm³/mol. The van der Waals surface area contributed by atoms with Crippen LogP contribution in [0.2, 0.25) is 0 Å². The molecule has 1 aromatic carbocycles. The van der Waals surface area contributed by atoms with Crippen LogP contribution in [0.15, 0.2) is 42.5 Å². The zero-order valence-corrected chi connectivity index (χ0v) is 19.4. The lowest BCUT2D eigenvalue weighted by Crippen LogP contribution is -2.50. The van der Waals surface area contributed by atoms with Gasteiger partial charge in [0.1, 0.15) is 0 Å². The van der Waals surface area contributed by atoms with Crippen LogP contribution in [0.3, 0.4) is 0 Å². The monoisotopic (exact) mass is 485 g/mol. The number of carboxylic acids is 3. The summed E-state index contributed by atoms with van der Waals surface area (Å²) in [5.74, 6) is -2.98. The Balaban J connectivity index is 1.98. The molecule has 2 bridgehead atoms. The maximum Gasteiger partial charge on any atom is 0.317 e. The van der Waals surface area contributed by atoms with Crippen molar-refractivity contribution in [2.75, 3.05) is 45.0 Å². The summed E-state index contributed by atoms with van der Waals surface area (Å²) < 4.78 is 0. The number of anilines is 1. The summed E-state index contributed by atoms with van der Waals surface area (Å²) >= 11 is 0. The van der Waals surface area contributed by atoms with Crippen molar-refractivity contribution in [3.05, 3.63) is 59.4 Å². The van der Waals surface area contributed by atoms with Gasteiger partial charge in [-0.25, -0.2) is 0 Å². The fraction of sp³-hybridized carbons (Fsp3) is 0.417. The third-order valence-electron chi connectivity index (χ3n) is 5.83. The number of rotatable bonds is 8. The molecule has 11 heteroatoms. The van der Waals surface area contributed by atoms with Crippen molar-refractivity contribution < 1.29 is 29.7 Å². The van der Waals surface area contributed by atoms with Gasteiger partial charge in [0.25, 0.3) is 0 Å². The minimum absolute atomic E-state index is 0.208. The molecule has 1 atom stereocenters. The number of benzene rings is 1. The Bertz CT molecular complexity index is 1030. The Kier molecular flexibility index (Phi) is 9.12. The number of aliphatic carboxylic acids is 3. The Morgan fingerprint density at radius 1 is 0.829 bits per heavy atom. The van der Waals surface area contributed by atoms with Crippen LogP contribution < -0.4 is 5.73 Å². The average Bonchev–Trinajstić information content (AvgIpc) is 2.76. The number of nitrogen functional groups attached to an aromatic ring is 1. The number of nitrogens with zero attached hydrogens (tertiary/aromatic N) is 4. The molecule has 0 amide bonds. The minimum atomic E-state index is -1.01. The Hall–Kier alpha value is -3.54. The Morgan fingerprint density at radius 3 is 2.00 bits per heavy atom. The van der Waals surface area contributed by atoms with E-state index in [1.54, 1.807) is 39.0 Å². The van der Waals surface area contributed by atoms with Crippen LogP contribution in [0.1, 0.15) is 17.0 Å². The third-order valence-corrected chi connectivity index (χ3v) is 5.83. The van der Waals surface area contributed by atoms with Gasteiger partial charge >= 0.3 is 17.9 Å². The summed E-state index contributed by atoms with van der Waals surface area (Å²) in [7, 11) is 0. The second-order valence-corrected chi connectivity index (χ2v) is 8.75. The number of nitrogens with two attached hydrogens (primary N) is 1. The molecule has 1 aliphatic rings. The van der Waals surface area contributed by atoms with E-state index in [-0.39, 0.29) is 45.3 Å². The van der Waals surface area contributed by atoms with Crippen molar-refractivity contribution in [1.29, 1.82) is 0 Å². The number of pyridine rings is 1. The predicted octanol–water partition coefficient (Wildman–Crippen LogP) is 0.449. The zero-order chi connectivity index (χ0) is 25.4. The largest absolute Gasteiger partial charge is 0.480 e. The standard InChI is InChI=1S/C24H31N5O6/c25-18-6-4-17(5-7-18)10-21-13-28(15-23(32)33)12-20-3-1-2-19(26-20)11-27(14-22(30)31)8-9-29(21)16-24(34)35/h1-7,21H,8-16,25H2,(H,30,31)(H,32,33)(H,34,35). The SMILES string of the molecule is Nc1ccc(CC2CN(CC(=O)O)Cc3cccc(n3)CN(CC(=O)O)CCN2CC(=O)O)cc1. The third kappa shape index (κ3) is 8.63. The summed E-state index contributed by atoms with van der Waals surface area (Å²) in [5.41, 5.74) is 8.68. The highest BCUT2D eigenvalue weighted by Crippen LogP contribution is 2.16. The van der Waals surface area contributed by atoms with Crippen LogP contribution in [0, 0.1) is 0 Å². The van der Waals surface area contributed by atoms with Crippen LogP contribution in [-0.2, 0) is 33.9 Å². The van der Waals surface area contributed by atoms with E-state index in [9.17, 15) is 29.7 Å². The number of carbonyl (C=O) groups is 3. The Morgan fingerprint density at radius 2 is 1.40 bits per heavy atom. The first-order valence-electron chi connectivity index (χ1n) is 11.3. The maximum absolute atomic E-state index is 11.8. The first kappa shape index (κ1) is 26.1. The van der Waals surface area contributed by atoms with Crippen molar-refractivity contribution in [2.45, 2.75) is 25.6 Å². The van der Waals surface area contributed by atoms with Crippen LogP contribution in [0.5, 0.6) is 0 Å². The lowest BCUT2D eigenvalue weighted by Gasteiger charge is -2.36. The quantitative estimate of drug-likeness (QED) is 0.384. The van der Waals surface area contributed by atoms with E-state index in [0.29, 0.717) is 36.6 Å². The van der Waals surface area contributed by atoms with E-state index in [1.807, 2.05) is 18.2 Å². The van der Waals surface area contributed by atoms with Crippen LogP contribution in [-0.4, -0.2) is 98.2 Å². The summed E-state index contributed by atoms with van der Waals surface area (Å²) in [5, 5.41) is 28.5. The van der Waals surface area contributed by atoms with Crippen molar-refractivity contribution in [2.24, 2.45) is 0 Å². The summed E-state index contributed by atoms with van der Waals surface area (Å²) in [6, 6.07) is 12.4. The molecule has 1 aliphatic heterocycles. The summed E-state index contributed by atoms with van der Waals surface area (Å²) in [4.78, 5) is 44.7. The number of hydrogen-bond acceptors (Lipinski definition) is 8. The van der Waals surface area contributed by atoms with E-state index in [4.69, 9.17) is 5.73 Å². The van der Waals surface area contributed by atoms with E-state index in [1.165, 1.54) is 0 Å². The van der Waals surface area contributed by atoms with Gasteiger partial charge in [-0.1, -0.05) is 18.2 Å². The molecular weight excluding hydrogens is 454 g/mol. The zero-order valence-electron chi connectivity index (χ0n) is 19.4. The summed E-state index contributed by atoms with van der Waals surface area (Å²) in [6.07, 6.45) is 0.468. The fourth-order valence-corrected chi connectivity index (χ4v) is 4.31. The molecule has 188 valence electrons. The van der Waals surface area contributed by atoms with Crippen LogP contribution in [0.25, 0.3) is 0 Å². The fourth-order valence-electron chi connectivity index (χ4n) is 4.31. The molecule has 0 spiro atoms. The second-order valence-electron chi connectivity index (χ2n) is 8.75. The summed E-state index contributed by atoms with van der Waals surface area (Å²) in [6.45, 7) is 0.736. The van der Waals surface area contributed by atoms with Crippen LogP contribution >= 0.6 is 0 Å². The van der Waals surface area contributed by atoms with E-state index in [2.05, 4.69) is 4.98 Å². The van der Waals surface area contributed by atoms with Crippen molar-refractivity contribution in [3.8, 4) is 0 Å². The number of carboxylic acid groups (broad SMARTS) is 3. The molecule has 2 heterocycles. The molecule has 35 heavy (non-hydrogen) atoms. The lowest BCUT2D eigenvalue weighted by molar-refractivity contribution is -0.141. The highest BCUT2D eigenvalue weighted by Gasteiger charge is 2.27. The van der Waals surface area contributed by atoms with Gasteiger partial charge in [-0.3, -0.25) is 34.1 Å². The number of hydrogen-bond donors (Lipinski definition) is 4. The van der Waals surface area contributed by atoms with Gasteiger partial charge in [-0.05, 0) is 36.2 Å². The van der Waals surface area contributed by atoms with Crippen molar-refractivity contribution in [3.63, 3.8) is 0 Å². The molecule has 0 saturated heterocycles. The molecule has 0 saturated carbocycles. The minimum Gasteiger partial charge on any atom is -0.480 e. The average molecular weight is 486 g/mol. The van der Waals surface area contributed by atoms with Gasteiger partial charge in [0.15, 0.2) is 0 Å². The molecule has 0 fully saturated rings. The first-order valence-corrected chi connectivity index (χ1v) is 11.3. The van der Waals surface area contributed by atoms with Crippen molar-refractivity contribution >= 4 is 23.6 Å². The molecule has 3 rings (SSSR count). The van der Waals surface area contributed by atoms with E-state index < -0.39 is 17.9 Å². The highest BCUT2D eigenvalue weighted by molar-refractivity contribution is 5.70. The van der Waals surface area contributed by atoms with Crippen molar-refractivity contribution in [1.82, 2.24) is 19.7 Å². The highest BCUT2D eigenvalue weighted by atomic mass is 16.4. The topological polar surface area (TPSA) is 161 Å². The van der Waals surface area contributed by atoms with Gasteiger partial charge in [0.05, 0.1) is 31.0 Å². The molecular formula is C24H31N5O6. The van der Waals surface area contributed by atoms with Gasteiger partial charge in [-0.2, -0.15) is 0 Å². The number of aromatic nitrogens is 1. The van der Waals surface area contributed by atoms with Gasteiger partial charge in [0.2, 0.25) is 0 Å². The van der Waals surface area contributed by atoms with Crippen LogP contribution in [0.4, 0.5) is 5.69 Å². The lowest BCUT2D eigenvalue weighted by atomic mass is 10.0. The smallest absolute Gasteiger partial charge is 0.317 e. The molecule has 0 radical (unpaired) electrons. The van der Waals surface area contributed by atoms with E-state index in [0.717, 1.165) is 5.56 Å². The maximum atomic E-state index is 11.8. The van der Waals surface area contributed by atoms with E-state index >= 15 is 0 Å². The first-order chi connectivity index (χ1) is 16.7. The van der Waals surface area contributed by atoms with Gasteiger partial charge < -0.3 is 21.1 Å². The van der Waals surface area contributed by atoms with Gasteiger partial charge in [0, 0.05) is 44.5 Å². The molecule has 11 nitrogen and oxygen atoms in total.